The summed E-state index contributed by atoms with van der Waals surface area (Å²) in [6, 6.07) is 12.4. The van der Waals surface area contributed by atoms with Crippen molar-refractivity contribution in [1.82, 2.24) is 4.90 Å². The zero-order chi connectivity index (χ0) is 21.3. The molecule has 1 amide bonds. The lowest BCUT2D eigenvalue weighted by molar-refractivity contribution is -0.142. The van der Waals surface area contributed by atoms with E-state index in [2.05, 4.69) is 0 Å². The Morgan fingerprint density at radius 3 is 2.50 bits per heavy atom. The molecule has 0 N–H and O–H groups in total. The summed E-state index contributed by atoms with van der Waals surface area (Å²) in [6.45, 7) is 0.444. The normalized spacial score (nSPS) is 15.6. The van der Waals surface area contributed by atoms with Gasteiger partial charge in [0.2, 0.25) is 0 Å². The quantitative estimate of drug-likeness (QED) is 0.597. The predicted octanol–water partition coefficient (Wildman–Crippen LogP) is 3.75. The number of esters is 1. The number of rotatable bonds is 5. The van der Waals surface area contributed by atoms with E-state index in [0.717, 1.165) is 16.5 Å². The molecule has 7 heteroatoms. The first-order chi connectivity index (χ1) is 14.5. The van der Waals surface area contributed by atoms with E-state index >= 15 is 0 Å². The van der Waals surface area contributed by atoms with Crippen molar-refractivity contribution < 1.29 is 28.2 Å². The lowest BCUT2D eigenvalue weighted by Crippen LogP contribution is -2.41. The fourth-order valence-corrected chi connectivity index (χ4v) is 3.96. The number of fused-ring (bicyclic) bond motifs is 2. The summed E-state index contributed by atoms with van der Waals surface area (Å²) in [4.78, 5) is 27.2. The highest BCUT2D eigenvalue weighted by molar-refractivity contribution is 5.96. The van der Waals surface area contributed by atoms with Crippen LogP contribution in [0.15, 0.2) is 46.9 Å². The van der Waals surface area contributed by atoms with Crippen LogP contribution in [0.4, 0.5) is 0 Å². The molecule has 156 valence electrons. The number of carbonyl (C=O) groups is 2. The number of hydrogen-bond acceptors (Lipinski definition) is 6. The summed E-state index contributed by atoms with van der Waals surface area (Å²) in [7, 11) is 4.47. The van der Waals surface area contributed by atoms with E-state index in [1.165, 1.54) is 7.11 Å². The SMILES string of the molecule is COC(=O)C[C@@H]1c2cc(OC)c(OC)cc2CCN1C(=O)c1cc2ccccc2o1. The Morgan fingerprint density at radius 1 is 1.07 bits per heavy atom. The van der Waals surface area contributed by atoms with E-state index in [4.69, 9.17) is 18.6 Å². The van der Waals surface area contributed by atoms with Gasteiger partial charge in [-0.25, -0.2) is 0 Å². The fraction of sp³-hybridized carbons (Fsp3) is 0.304. The van der Waals surface area contributed by atoms with Crippen LogP contribution in [-0.2, 0) is 16.0 Å². The molecule has 30 heavy (non-hydrogen) atoms. The molecule has 1 aliphatic rings. The van der Waals surface area contributed by atoms with E-state index in [1.807, 2.05) is 36.4 Å². The second-order valence-electron chi connectivity index (χ2n) is 7.10. The van der Waals surface area contributed by atoms with Gasteiger partial charge in [0.05, 0.1) is 33.8 Å². The van der Waals surface area contributed by atoms with E-state index in [0.29, 0.717) is 30.0 Å². The third-order valence-corrected chi connectivity index (χ3v) is 5.49. The van der Waals surface area contributed by atoms with Crippen LogP contribution in [0.3, 0.4) is 0 Å². The van der Waals surface area contributed by atoms with E-state index in [1.54, 1.807) is 25.2 Å². The minimum atomic E-state index is -0.498. The van der Waals surface area contributed by atoms with Gasteiger partial charge in [0.15, 0.2) is 17.3 Å². The van der Waals surface area contributed by atoms with Gasteiger partial charge in [-0.2, -0.15) is 0 Å². The molecule has 0 radical (unpaired) electrons. The van der Waals surface area contributed by atoms with Gasteiger partial charge in [0, 0.05) is 11.9 Å². The summed E-state index contributed by atoms with van der Waals surface area (Å²) in [5.74, 6) is 0.745. The molecule has 4 rings (SSSR count). The number of hydrogen-bond donors (Lipinski definition) is 0. The molecule has 0 saturated heterocycles. The maximum Gasteiger partial charge on any atom is 0.307 e. The van der Waals surface area contributed by atoms with Crippen molar-refractivity contribution >= 4 is 22.8 Å². The monoisotopic (exact) mass is 409 g/mol. The highest BCUT2D eigenvalue weighted by atomic mass is 16.5. The molecule has 0 unspecified atom stereocenters. The van der Waals surface area contributed by atoms with Crippen molar-refractivity contribution in [3.05, 3.63) is 59.4 Å². The molecule has 0 aliphatic carbocycles. The molecule has 0 bridgehead atoms. The Labute approximate surface area is 174 Å². The number of para-hydroxylation sites is 1. The highest BCUT2D eigenvalue weighted by Crippen LogP contribution is 2.40. The van der Waals surface area contributed by atoms with Gasteiger partial charge in [-0.1, -0.05) is 18.2 Å². The number of benzene rings is 2. The number of methoxy groups -OCH3 is 3. The van der Waals surface area contributed by atoms with Crippen LogP contribution in [0.25, 0.3) is 11.0 Å². The number of amides is 1. The molecule has 0 spiro atoms. The Hall–Kier alpha value is -3.48. The van der Waals surface area contributed by atoms with Gasteiger partial charge >= 0.3 is 5.97 Å². The molecule has 0 saturated carbocycles. The van der Waals surface area contributed by atoms with E-state index < -0.39 is 12.0 Å². The lowest BCUT2D eigenvalue weighted by atomic mass is 9.89. The molecule has 3 aromatic rings. The first kappa shape index (κ1) is 19.8. The lowest BCUT2D eigenvalue weighted by Gasteiger charge is -2.36. The Kier molecular flexibility index (Phi) is 5.35. The summed E-state index contributed by atoms with van der Waals surface area (Å²) >= 11 is 0. The van der Waals surface area contributed by atoms with Crippen LogP contribution in [-0.4, -0.2) is 44.7 Å². The van der Waals surface area contributed by atoms with Crippen molar-refractivity contribution in [2.75, 3.05) is 27.9 Å². The molecule has 2 aromatic carbocycles. The highest BCUT2D eigenvalue weighted by Gasteiger charge is 2.35. The molecule has 1 aromatic heterocycles. The first-order valence-corrected chi connectivity index (χ1v) is 9.67. The van der Waals surface area contributed by atoms with Crippen LogP contribution in [0.1, 0.15) is 34.1 Å². The summed E-state index contributed by atoms with van der Waals surface area (Å²) in [5, 5.41) is 0.856. The van der Waals surface area contributed by atoms with Gasteiger partial charge in [0.25, 0.3) is 5.91 Å². The van der Waals surface area contributed by atoms with Crippen LogP contribution in [0.5, 0.6) is 11.5 Å². The van der Waals surface area contributed by atoms with Gasteiger partial charge < -0.3 is 23.5 Å². The summed E-state index contributed by atoms with van der Waals surface area (Å²) in [6.07, 6.45) is 0.657. The number of ether oxygens (including phenoxy) is 3. The topological polar surface area (TPSA) is 78.2 Å². The smallest absolute Gasteiger partial charge is 0.307 e. The Morgan fingerprint density at radius 2 is 1.80 bits per heavy atom. The zero-order valence-electron chi connectivity index (χ0n) is 17.1. The maximum atomic E-state index is 13.4. The third-order valence-electron chi connectivity index (χ3n) is 5.49. The first-order valence-electron chi connectivity index (χ1n) is 9.67. The van der Waals surface area contributed by atoms with Crippen molar-refractivity contribution in [3.63, 3.8) is 0 Å². The fourth-order valence-electron chi connectivity index (χ4n) is 3.96. The second kappa shape index (κ2) is 8.10. The minimum absolute atomic E-state index is 0.0327. The molecule has 2 heterocycles. The van der Waals surface area contributed by atoms with Crippen LogP contribution < -0.4 is 9.47 Å². The largest absolute Gasteiger partial charge is 0.493 e. The molecule has 1 atom stereocenters. The van der Waals surface area contributed by atoms with Gasteiger partial charge in [-0.15, -0.1) is 0 Å². The van der Waals surface area contributed by atoms with Crippen molar-refractivity contribution in [1.29, 1.82) is 0 Å². The Bertz CT molecular complexity index is 1070. The molecule has 0 fully saturated rings. The number of furan rings is 1. The molecule has 1 aliphatic heterocycles. The molecule has 7 nitrogen and oxygen atoms in total. The summed E-state index contributed by atoms with van der Waals surface area (Å²) < 4.78 is 21.5. The number of nitrogens with zero attached hydrogens (tertiary/aromatic N) is 1. The standard InChI is InChI=1S/C23H23NO6/c1-27-19-10-14-8-9-24(17(13-22(25)29-3)16(14)12-20(19)28-2)23(26)21-11-15-6-4-5-7-18(15)30-21/h4-7,10-12,17H,8-9,13H2,1-3H3/t17-/m1/s1. The average molecular weight is 409 g/mol. The van der Waals surface area contributed by atoms with Crippen molar-refractivity contribution in [2.24, 2.45) is 0 Å². The summed E-state index contributed by atoms with van der Waals surface area (Å²) in [5.41, 5.74) is 2.50. The van der Waals surface area contributed by atoms with Gasteiger partial charge in [-0.3, -0.25) is 9.59 Å². The maximum absolute atomic E-state index is 13.4. The Balaban J connectivity index is 1.75. The van der Waals surface area contributed by atoms with Crippen LogP contribution in [0, 0.1) is 0 Å². The predicted molar refractivity (Wildman–Crippen MR) is 110 cm³/mol. The van der Waals surface area contributed by atoms with Crippen molar-refractivity contribution in [2.45, 2.75) is 18.9 Å². The minimum Gasteiger partial charge on any atom is -0.493 e. The average Bonchev–Trinajstić information content (AvgIpc) is 3.22. The van der Waals surface area contributed by atoms with Crippen LogP contribution >= 0.6 is 0 Å². The molecular weight excluding hydrogens is 386 g/mol. The number of carbonyl (C=O) groups excluding carboxylic acids is 2. The van der Waals surface area contributed by atoms with Gasteiger partial charge in [-0.05, 0) is 41.8 Å². The second-order valence-corrected chi connectivity index (χ2v) is 7.10. The third kappa shape index (κ3) is 3.47. The van der Waals surface area contributed by atoms with Crippen LogP contribution in [0.2, 0.25) is 0 Å². The van der Waals surface area contributed by atoms with E-state index in [9.17, 15) is 9.59 Å². The van der Waals surface area contributed by atoms with E-state index in [-0.39, 0.29) is 18.1 Å². The van der Waals surface area contributed by atoms with Gasteiger partial charge in [0.1, 0.15) is 5.58 Å². The zero-order valence-corrected chi connectivity index (χ0v) is 17.1. The molecular formula is C23H23NO6. The van der Waals surface area contributed by atoms with Crippen molar-refractivity contribution in [3.8, 4) is 11.5 Å².